The lowest BCUT2D eigenvalue weighted by atomic mass is 10.2. The van der Waals surface area contributed by atoms with Crippen LogP contribution in [0.25, 0.3) is 21.4 Å². The van der Waals surface area contributed by atoms with E-state index in [0.717, 1.165) is 32.6 Å². The highest BCUT2D eigenvalue weighted by atomic mass is 32.1. The lowest BCUT2D eigenvalue weighted by molar-refractivity contribution is -0.132. The van der Waals surface area contributed by atoms with Crippen molar-refractivity contribution in [2.75, 3.05) is 6.54 Å². The summed E-state index contributed by atoms with van der Waals surface area (Å²) in [6, 6.07) is 7.90. The number of hydrogen-bond acceptors (Lipinski definition) is 6. The number of para-hydroxylation sites is 1. The monoisotopic (exact) mass is 424 g/mol. The number of rotatable bonds is 3. The van der Waals surface area contributed by atoms with Crippen LogP contribution in [0.15, 0.2) is 40.2 Å². The van der Waals surface area contributed by atoms with E-state index < -0.39 is 11.2 Å². The van der Waals surface area contributed by atoms with E-state index in [4.69, 9.17) is 4.98 Å². The van der Waals surface area contributed by atoms with E-state index in [1.54, 1.807) is 18.4 Å². The van der Waals surface area contributed by atoms with Gasteiger partial charge in [-0.05, 0) is 25.0 Å². The number of thiazole rings is 1. The molecule has 4 heterocycles. The van der Waals surface area contributed by atoms with Gasteiger partial charge >= 0.3 is 5.69 Å². The highest BCUT2D eigenvalue weighted by molar-refractivity contribution is 7.18. The largest absolute Gasteiger partial charge is 0.332 e. The molecule has 5 rings (SSSR count). The van der Waals surface area contributed by atoms with E-state index >= 15 is 0 Å². The van der Waals surface area contributed by atoms with E-state index in [9.17, 15) is 14.4 Å². The van der Waals surface area contributed by atoms with Crippen molar-refractivity contribution in [2.45, 2.75) is 25.4 Å². The van der Waals surface area contributed by atoms with Gasteiger partial charge in [-0.2, -0.15) is 0 Å². The van der Waals surface area contributed by atoms with Crippen LogP contribution in [0.1, 0.15) is 23.9 Å². The average molecular weight is 424 g/mol. The minimum atomic E-state index is -0.456. The Morgan fingerprint density at radius 2 is 2.00 bits per heavy atom. The van der Waals surface area contributed by atoms with Gasteiger partial charge in [-0.1, -0.05) is 12.1 Å². The fraction of sp³-hybridized carbons (Fsp3) is 0.350. The number of fused-ring (bicyclic) bond motifs is 2. The molecule has 154 valence electrons. The van der Waals surface area contributed by atoms with E-state index in [-0.39, 0.29) is 29.7 Å². The van der Waals surface area contributed by atoms with E-state index in [0.29, 0.717) is 6.54 Å². The van der Waals surface area contributed by atoms with Gasteiger partial charge in [-0.25, -0.2) is 14.8 Å². The molecule has 30 heavy (non-hydrogen) atoms. The third kappa shape index (κ3) is 2.78. The van der Waals surface area contributed by atoms with Gasteiger partial charge in [-0.15, -0.1) is 11.3 Å². The first-order valence-corrected chi connectivity index (χ1v) is 10.5. The first-order chi connectivity index (χ1) is 14.5. The lowest BCUT2D eigenvalue weighted by Crippen LogP contribution is -2.38. The molecular weight excluding hydrogens is 404 g/mol. The molecule has 0 aliphatic carbocycles. The van der Waals surface area contributed by atoms with Crippen molar-refractivity contribution in [3.8, 4) is 0 Å². The summed E-state index contributed by atoms with van der Waals surface area (Å²) in [6.07, 6.45) is 3.23. The number of nitrogens with zero attached hydrogens (tertiary/aromatic N) is 6. The molecule has 1 aromatic carbocycles. The van der Waals surface area contributed by atoms with Crippen LogP contribution in [-0.2, 0) is 25.4 Å². The van der Waals surface area contributed by atoms with Gasteiger partial charge in [0.05, 0.1) is 22.6 Å². The molecule has 0 N–H and O–H groups in total. The highest BCUT2D eigenvalue weighted by Gasteiger charge is 2.32. The molecule has 4 aromatic rings. The summed E-state index contributed by atoms with van der Waals surface area (Å²) in [6.45, 7) is 0.647. The predicted molar refractivity (Wildman–Crippen MR) is 114 cm³/mol. The smallest absolute Gasteiger partial charge is 0.332 e. The zero-order valence-electron chi connectivity index (χ0n) is 16.6. The second kappa shape index (κ2) is 6.91. The molecule has 9 nitrogen and oxygen atoms in total. The fourth-order valence-electron chi connectivity index (χ4n) is 4.11. The maximum absolute atomic E-state index is 13.2. The summed E-state index contributed by atoms with van der Waals surface area (Å²) >= 11 is 1.62. The number of carbonyl (C=O) groups excluding carboxylic acids is 1. The molecule has 0 radical (unpaired) electrons. The van der Waals surface area contributed by atoms with Crippen molar-refractivity contribution in [3.63, 3.8) is 0 Å². The summed E-state index contributed by atoms with van der Waals surface area (Å²) < 4.78 is 4.99. The summed E-state index contributed by atoms with van der Waals surface area (Å²) in [4.78, 5) is 48.7. The molecule has 0 spiro atoms. The molecule has 10 heteroatoms. The van der Waals surface area contributed by atoms with Crippen molar-refractivity contribution >= 4 is 38.6 Å². The Morgan fingerprint density at radius 1 is 1.20 bits per heavy atom. The van der Waals surface area contributed by atoms with Crippen LogP contribution < -0.4 is 11.2 Å². The minimum Gasteiger partial charge on any atom is -0.332 e. The van der Waals surface area contributed by atoms with Crippen molar-refractivity contribution in [1.29, 1.82) is 0 Å². The quantitative estimate of drug-likeness (QED) is 0.496. The Labute approximate surface area is 174 Å². The van der Waals surface area contributed by atoms with Gasteiger partial charge in [0.15, 0.2) is 11.2 Å². The molecule has 1 fully saturated rings. The molecule has 1 amide bonds. The number of likely N-dealkylation sites (tertiary alicyclic amines) is 1. The number of carbonyl (C=O) groups is 1. The Hall–Kier alpha value is -3.27. The zero-order chi connectivity index (χ0) is 21.0. The van der Waals surface area contributed by atoms with Gasteiger partial charge in [0.25, 0.3) is 5.56 Å². The molecule has 1 atom stereocenters. The summed E-state index contributed by atoms with van der Waals surface area (Å²) in [5.41, 5.74) is 0.576. The molecule has 0 saturated carbocycles. The van der Waals surface area contributed by atoms with Gasteiger partial charge < -0.3 is 9.47 Å². The maximum atomic E-state index is 13.2. The standard InChI is InChI=1S/C20H20N6O3S/c1-23-17-16(19(28)24(2)20(23)29)25(11-21-17)10-15(27)26-9-5-7-13(26)18-22-12-6-3-4-8-14(12)30-18/h3-4,6,8,11,13H,5,7,9-10H2,1-2H3/t13-/m1/s1. The van der Waals surface area contributed by atoms with Crippen molar-refractivity contribution in [2.24, 2.45) is 14.1 Å². The number of imidazole rings is 1. The summed E-state index contributed by atoms with van der Waals surface area (Å²) in [5.74, 6) is -0.0908. The van der Waals surface area contributed by atoms with Crippen LogP contribution in [0.2, 0.25) is 0 Å². The topological polar surface area (TPSA) is 95.0 Å². The van der Waals surface area contributed by atoms with Crippen LogP contribution in [-0.4, -0.2) is 41.0 Å². The van der Waals surface area contributed by atoms with Crippen LogP contribution in [0.4, 0.5) is 0 Å². The fourth-order valence-corrected chi connectivity index (χ4v) is 5.22. The molecular formula is C20H20N6O3S. The van der Waals surface area contributed by atoms with Gasteiger partial charge in [0.2, 0.25) is 5.91 Å². The summed E-state index contributed by atoms with van der Waals surface area (Å²) in [5, 5.41) is 0.941. The third-order valence-corrected chi connectivity index (χ3v) is 6.83. The molecule has 1 aliphatic heterocycles. The lowest BCUT2D eigenvalue weighted by Gasteiger charge is -2.23. The first kappa shape index (κ1) is 18.7. The molecule has 0 bridgehead atoms. The Balaban J connectivity index is 1.48. The van der Waals surface area contributed by atoms with Crippen LogP contribution >= 0.6 is 11.3 Å². The second-order valence-electron chi connectivity index (χ2n) is 7.52. The van der Waals surface area contributed by atoms with Crippen LogP contribution in [0, 0.1) is 0 Å². The number of aryl methyl sites for hydroxylation is 1. The zero-order valence-corrected chi connectivity index (χ0v) is 17.4. The SMILES string of the molecule is Cn1c(=O)c2c(ncn2CC(=O)N2CCC[C@@H]2c2nc3ccccc3s2)n(C)c1=O. The third-order valence-electron chi connectivity index (χ3n) is 5.69. The van der Waals surface area contributed by atoms with E-state index in [1.165, 1.54) is 22.5 Å². The van der Waals surface area contributed by atoms with Gasteiger partial charge in [0.1, 0.15) is 11.6 Å². The van der Waals surface area contributed by atoms with Crippen LogP contribution in [0.3, 0.4) is 0 Å². The van der Waals surface area contributed by atoms with Crippen LogP contribution in [0.5, 0.6) is 0 Å². The first-order valence-electron chi connectivity index (χ1n) is 9.71. The van der Waals surface area contributed by atoms with Crippen molar-refractivity contribution in [3.05, 3.63) is 56.4 Å². The summed E-state index contributed by atoms with van der Waals surface area (Å²) in [7, 11) is 2.99. The number of hydrogen-bond donors (Lipinski definition) is 0. The molecule has 0 unspecified atom stereocenters. The van der Waals surface area contributed by atoms with Gasteiger partial charge in [0, 0.05) is 20.6 Å². The normalized spacial score (nSPS) is 16.7. The van der Waals surface area contributed by atoms with Crippen molar-refractivity contribution in [1.82, 2.24) is 28.6 Å². The number of aromatic nitrogens is 5. The highest BCUT2D eigenvalue weighted by Crippen LogP contribution is 2.36. The van der Waals surface area contributed by atoms with Crippen molar-refractivity contribution < 1.29 is 4.79 Å². The molecule has 1 aliphatic rings. The molecule has 1 saturated heterocycles. The van der Waals surface area contributed by atoms with Gasteiger partial charge in [-0.3, -0.25) is 18.7 Å². The maximum Gasteiger partial charge on any atom is 0.332 e. The minimum absolute atomic E-state index is 0.00859. The average Bonchev–Trinajstić information content (AvgIpc) is 3.47. The number of benzene rings is 1. The Morgan fingerprint density at radius 3 is 2.80 bits per heavy atom. The second-order valence-corrected chi connectivity index (χ2v) is 8.58. The van der Waals surface area contributed by atoms with E-state index in [1.807, 2.05) is 29.2 Å². The molecule has 3 aromatic heterocycles. The predicted octanol–water partition coefficient (Wildman–Crippen LogP) is 1.41. The Kier molecular flexibility index (Phi) is 4.31. The number of amides is 1. The van der Waals surface area contributed by atoms with E-state index in [2.05, 4.69) is 4.98 Å². The Bertz CT molecular complexity index is 1380.